The molecule has 2 N–H and O–H groups in total. The van der Waals surface area contributed by atoms with E-state index in [1.165, 1.54) is 72.0 Å². The number of fused-ring (bicyclic) bond motifs is 8. The van der Waals surface area contributed by atoms with Crippen LogP contribution in [0.25, 0.3) is 39.1 Å². The summed E-state index contributed by atoms with van der Waals surface area (Å²) < 4.78 is 0. The molecule has 1 heteroatoms. The molecule has 8 rings (SSSR count). The van der Waals surface area contributed by atoms with Crippen LogP contribution < -0.4 is 5.73 Å². The largest absolute Gasteiger partial charge is 0.405 e. The third kappa shape index (κ3) is 6.01. The molecule has 5 aromatic carbocycles. The second kappa shape index (κ2) is 14.6. The minimum Gasteiger partial charge on any atom is -0.405 e. The zero-order valence-electron chi connectivity index (χ0n) is 30.8. The summed E-state index contributed by atoms with van der Waals surface area (Å²) in [5.41, 5.74) is 20.7. The molecule has 5 aromatic rings. The Balaban J connectivity index is 1.25. The van der Waals surface area contributed by atoms with Gasteiger partial charge >= 0.3 is 0 Å². The van der Waals surface area contributed by atoms with Gasteiger partial charge in [0, 0.05) is 5.92 Å². The maximum atomic E-state index is 5.52. The normalized spacial score (nSPS) is 20.3. The van der Waals surface area contributed by atoms with Crippen molar-refractivity contribution in [2.45, 2.75) is 44.4 Å². The maximum absolute atomic E-state index is 5.52. The summed E-state index contributed by atoms with van der Waals surface area (Å²) in [6.45, 7) is 9.49. The van der Waals surface area contributed by atoms with E-state index in [1.807, 2.05) is 12.2 Å². The molecule has 3 atom stereocenters. The quantitative estimate of drug-likeness (QED) is 0.162. The van der Waals surface area contributed by atoms with Crippen molar-refractivity contribution in [2.75, 3.05) is 0 Å². The van der Waals surface area contributed by atoms with Crippen LogP contribution in [0.4, 0.5) is 0 Å². The van der Waals surface area contributed by atoms with Crippen molar-refractivity contribution in [3.05, 3.63) is 221 Å². The minimum atomic E-state index is -0.505. The maximum Gasteiger partial charge on any atom is 0.0716 e. The number of allylic oxidation sites excluding steroid dienone is 13. The van der Waals surface area contributed by atoms with Gasteiger partial charge in [0.1, 0.15) is 0 Å². The molecule has 0 saturated carbocycles. The van der Waals surface area contributed by atoms with Gasteiger partial charge in [-0.1, -0.05) is 185 Å². The average Bonchev–Trinajstić information content (AvgIpc) is 3.51. The van der Waals surface area contributed by atoms with Gasteiger partial charge in [-0.3, -0.25) is 0 Å². The molecule has 0 saturated heterocycles. The first-order valence-electron chi connectivity index (χ1n) is 19.1. The van der Waals surface area contributed by atoms with Crippen molar-refractivity contribution in [1.29, 1.82) is 0 Å². The summed E-state index contributed by atoms with van der Waals surface area (Å²) in [6.07, 6.45) is 26.3. The van der Waals surface area contributed by atoms with E-state index in [4.69, 9.17) is 12.3 Å². The summed E-state index contributed by atoms with van der Waals surface area (Å²) in [4.78, 5) is 0. The summed E-state index contributed by atoms with van der Waals surface area (Å²) in [5.74, 6) is 0.834. The fraction of sp³-hybridized carbons (Fsp3) is 0.154. The third-order valence-electron chi connectivity index (χ3n) is 11.7. The Morgan fingerprint density at radius 3 is 2.38 bits per heavy atom. The lowest BCUT2D eigenvalue weighted by Gasteiger charge is -2.38. The zero-order valence-corrected chi connectivity index (χ0v) is 30.8. The first-order chi connectivity index (χ1) is 26.0. The average molecular weight is 686 g/mol. The number of hydrogen-bond donors (Lipinski definition) is 1. The Kier molecular flexibility index (Phi) is 9.42. The lowest BCUT2D eigenvalue weighted by molar-refractivity contribution is 0.507. The molecular formula is C52H47N. The summed E-state index contributed by atoms with van der Waals surface area (Å²) in [6, 6.07) is 40.8. The van der Waals surface area contributed by atoms with Crippen LogP contribution in [0, 0.1) is 5.92 Å². The van der Waals surface area contributed by atoms with Crippen LogP contribution in [0.2, 0.25) is 0 Å². The van der Waals surface area contributed by atoms with Crippen molar-refractivity contribution in [3.8, 4) is 11.1 Å². The first-order valence-corrected chi connectivity index (χ1v) is 19.1. The first kappa shape index (κ1) is 34.2. The molecule has 0 amide bonds. The van der Waals surface area contributed by atoms with E-state index in [-0.39, 0.29) is 0 Å². The lowest BCUT2D eigenvalue weighted by atomic mass is 9.63. The van der Waals surface area contributed by atoms with E-state index < -0.39 is 5.41 Å². The van der Waals surface area contributed by atoms with Gasteiger partial charge < -0.3 is 5.73 Å². The SMILES string of the molecule is C=C1/C=C\C=C/c2ccccc2C12C1=C(CCC(c3cccc(-c4cccc(C(/C=C/C=C\C=C/N)C(C)CC)c4)c3)=C1)c1ccc3ccccc3c12. The minimum absolute atomic E-state index is 0.320. The van der Waals surface area contributed by atoms with Gasteiger partial charge in [-0.2, -0.15) is 0 Å². The summed E-state index contributed by atoms with van der Waals surface area (Å²) in [7, 11) is 0. The van der Waals surface area contributed by atoms with Crippen molar-refractivity contribution < 1.29 is 0 Å². The molecule has 260 valence electrons. The van der Waals surface area contributed by atoms with Gasteiger partial charge in [0.25, 0.3) is 0 Å². The van der Waals surface area contributed by atoms with Crippen molar-refractivity contribution in [3.63, 3.8) is 0 Å². The summed E-state index contributed by atoms with van der Waals surface area (Å²) >= 11 is 0. The number of nitrogens with two attached hydrogens (primary N) is 1. The van der Waals surface area contributed by atoms with Crippen LogP contribution in [0.3, 0.4) is 0 Å². The smallest absolute Gasteiger partial charge is 0.0716 e. The highest BCUT2D eigenvalue weighted by atomic mass is 14.5. The summed E-state index contributed by atoms with van der Waals surface area (Å²) in [5, 5.41) is 2.57. The van der Waals surface area contributed by atoms with Crippen molar-refractivity contribution in [1.82, 2.24) is 0 Å². The lowest BCUT2D eigenvalue weighted by Crippen LogP contribution is -2.31. The Labute approximate surface area is 315 Å². The molecule has 53 heavy (non-hydrogen) atoms. The Morgan fingerprint density at radius 1 is 0.755 bits per heavy atom. The standard InChI is InChI=1S/C52H47N/c1-4-36(2)45(25-7-5-6-14-32-53)44-24-16-23-42(34-44)40-21-15-22-41(33-40)43-29-30-47-48-31-28-38-18-10-12-26-46(38)51(48)52(50(47)35-43)37(3)17-8-9-19-39-20-11-13-27-49(39)52/h5-28,31-36,45H,3-4,29-30,53H2,1-2H3/b6-5-,17-8-,19-9-,25-7+,32-14-. The van der Waals surface area contributed by atoms with Gasteiger partial charge in [-0.25, -0.2) is 0 Å². The zero-order chi connectivity index (χ0) is 36.4. The van der Waals surface area contributed by atoms with Crippen LogP contribution >= 0.6 is 0 Å². The van der Waals surface area contributed by atoms with Crippen LogP contribution in [-0.2, 0) is 5.41 Å². The molecule has 0 aromatic heterocycles. The highest BCUT2D eigenvalue weighted by Gasteiger charge is 2.49. The molecule has 3 aliphatic rings. The van der Waals surface area contributed by atoms with E-state index in [9.17, 15) is 0 Å². The fourth-order valence-corrected chi connectivity index (χ4v) is 8.94. The third-order valence-corrected chi connectivity index (χ3v) is 11.7. The Bertz CT molecular complexity index is 2440. The van der Waals surface area contributed by atoms with Gasteiger partial charge in [-0.05, 0) is 115 Å². The van der Waals surface area contributed by atoms with E-state index >= 15 is 0 Å². The highest BCUT2D eigenvalue weighted by molar-refractivity contribution is 6.02. The topological polar surface area (TPSA) is 26.0 Å². The van der Waals surface area contributed by atoms with Crippen LogP contribution in [0.15, 0.2) is 188 Å². The molecule has 0 aliphatic heterocycles. The second-order valence-corrected chi connectivity index (χ2v) is 14.6. The molecule has 1 spiro atoms. The molecule has 3 aliphatic carbocycles. The number of hydrogen-bond acceptors (Lipinski definition) is 1. The number of benzene rings is 5. The van der Waals surface area contributed by atoms with E-state index in [0.29, 0.717) is 11.8 Å². The molecular weight excluding hydrogens is 639 g/mol. The Hall–Kier alpha value is -5.92. The van der Waals surface area contributed by atoms with Crippen LogP contribution in [-0.4, -0.2) is 0 Å². The van der Waals surface area contributed by atoms with Crippen LogP contribution in [0.1, 0.15) is 72.4 Å². The molecule has 0 fully saturated rings. The van der Waals surface area contributed by atoms with Crippen molar-refractivity contribution in [2.24, 2.45) is 11.7 Å². The van der Waals surface area contributed by atoms with Crippen LogP contribution in [0.5, 0.6) is 0 Å². The predicted molar refractivity (Wildman–Crippen MR) is 228 cm³/mol. The highest BCUT2D eigenvalue weighted by Crippen LogP contribution is 2.61. The van der Waals surface area contributed by atoms with Gasteiger partial charge in [0.2, 0.25) is 0 Å². The van der Waals surface area contributed by atoms with E-state index in [2.05, 4.69) is 172 Å². The second-order valence-electron chi connectivity index (χ2n) is 14.6. The predicted octanol–water partition coefficient (Wildman–Crippen LogP) is 13.3. The molecule has 0 radical (unpaired) electrons. The molecule has 3 unspecified atom stereocenters. The van der Waals surface area contributed by atoms with Gasteiger partial charge in [0.05, 0.1) is 5.41 Å². The van der Waals surface area contributed by atoms with E-state index in [0.717, 1.165) is 24.8 Å². The Morgan fingerprint density at radius 2 is 1.51 bits per heavy atom. The van der Waals surface area contributed by atoms with Gasteiger partial charge in [-0.15, -0.1) is 0 Å². The molecule has 0 heterocycles. The van der Waals surface area contributed by atoms with Gasteiger partial charge in [0.15, 0.2) is 0 Å². The fourth-order valence-electron chi connectivity index (χ4n) is 8.94. The number of rotatable bonds is 8. The monoisotopic (exact) mass is 685 g/mol. The molecule has 1 nitrogen and oxygen atoms in total. The van der Waals surface area contributed by atoms with Crippen molar-refractivity contribution >= 4 is 28.0 Å². The molecule has 0 bridgehead atoms. The van der Waals surface area contributed by atoms with E-state index in [1.54, 1.807) is 6.20 Å².